The molecular weight excluding hydrogens is 484 g/mol. The molecule has 0 aliphatic heterocycles. The van der Waals surface area contributed by atoms with Crippen molar-refractivity contribution in [1.29, 1.82) is 0 Å². The van der Waals surface area contributed by atoms with Crippen LogP contribution in [0, 0.1) is 10.1 Å². The molecule has 0 unspecified atom stereocenters. The zero-order valence-corrected chi connectivity index (χ0v) is 19.1. The van der Waals surface area contributed by atoms with Crippen LogP contribution < -0.4 is 10.9 Å². The highest BCUT2D eigenvalue weighted by atomic mass is 35.5. The maximum absolute atomic E-state index is 13.4. The maximum atomic E-state index is 13.4. The minimum atomic E-state index is -0.727. The molecule has 0 aliphatic carbocycles. The van der Waals surface area contributed by atoms with E-state index in [1.165, 1.54) is 35.7 Å². The van der Waals surface area contributed by atoms with Crippen molar-refractivity contribution >= 4 is 56.3 Å². The van der Waals surface area contributed by atoms with Gasteiger partial charge in [0.2, 0.25) is 0 Å². The van der Waals surface area contributed by atoms with Gasteiger partial charge in [-0.2, -0.15) is 9.78 Å². The molecule has 0 aliphatic rings. The molecule has 2 aromatic heterocycles. The molecule has 0 saturated carbocycles. The van der Waals surface area contributed by atoms with Crippen molar-refractivity contribution in [2.45, 2.75) is 6.92 Å². The zero-order valence-electron chi connectivity index (χ0n) is 17.5. The Kier molecular flexibility index (Phi) is 6.39. The van der Waals surface area contributed by atoms with Gasteiger partial charge >= 0.3 is 5.97 Å². The molecular formula is C22H15ClN4O6S. The largest absolute Gasteiger partial charge is 0.461 e. The van der Waals surface area contributed by atoms with Crippen molar-refractivity contribution in [1.82, 2.24) is 9.78 Å². The van der Waals surface area contributed by atoms with Crippen LogP contribution in [0.2, 0.25) is 5.02 Å². The van der Waals surface area contributed by atoms with Crippen LogP contribution >= 0.6 is 22.9 Å². The first-order valence-corrected chi connectivity index (χ1v) is 11.1. The summed E-state index contributed by atoms with van der Waals surface area (Å²) in [6.45, 7) is 1.75. The number of hydrogen-bond donors (Lipinski definition) is 1. The summed E-state index contributed by atoms with van der Waals surface area (Å²) >= 11 is 7.10. The van der Waals surface area contributed by atoms with Crippen molar-refractivity contribution in [3.05, 3.63) is 90.7 Å². The molecule has 4 aromatic rings. The predicted octanol–water partition coefficient (Wildman–Crippen LogP) is 4.44. The molecule has 0 bridgehead atoms. The van der Waals surface area contributed by atoms with E-state index in [-0.39, 0.29) is 39.3 Å². The van der Waals surface area contributed by atoms with Gasteiger partial charge in [-0.25, -0.2) is 4.79 Å². The molecule has 0 radical (unpaired) electrons. The fourth-order valence-corrected chi connectivity index (χ4v) is 4.30. The van der Waals surface area contributed by atoms with Gasteiger partial charge in [0.25, 0.3) is 17.2 Å². The van der Waals surface area contributed by atoms with Crippen LogP contribution in [0.4, 0.5) is 10.7 Å². The fraction of sp³-hybridized carbons (Fsp3) is 0.0909. The summed E-state index contributed by atoms with van der Waals surface area (Å²) in [5, 5.41) is 20.1. The number of rotatable bonds is 6. The highest BCUT2D eigenvalue weighted by Crippen LogP contribution is 2.31. The second-order valence-electron chi connectivity index (χ2n) is 6.88. The number of amides is 1. The average molecular weight is 499 g/mol. The van der Waals surface area contributed by atoms with Gasteiger partial charge in [-0.15, -0.1) is 11.3 Å². The zero-order chi connectivity index (χ0) is 24.4. The van der Waals surface area contributed by atoms with Gasteiger partial charge in [0.05, 0.1) is 22.6 Å². The van der Waals surface area contributed by atoms with E-state index in [4.69, 9.17) is 16.3 Å². The molecule has 0 atom stereocenters. The number of benzene rings is 2. The molecule has 172 valence electrons. The van der Waals surface area contributed by atoms with Crippen molar-refractivity contribution in [3.8, 4) is 5.69 Å². The smallest absolute Gasteiger partial charge is 0.359 e. The van der Waals surface area contributed by atoms with Crippen molar-refractivity contribution in [2.75, 3.05) is 11.9 Å². The number of carbonyl (C=O) groups is 2. The number of nitro groups is 1. The summed E-state index contributed by atoms with van der Waals surface area (Å²) in [5.74, 6) is -1.31. The molecule has 12 heteroatoms. The van der Waals surface area contributed by atoms with Crippen molar-refractivity contribution < 1.29 is 19.2 Å². The molecule has 2 aromatic carbocycles. The number of esters is 1. The number of hydrogen-bond acceptors (Lipinski definition) is 8. The summed E-state index contributed by atoms with van der Waals surface area (Å²) in [6, 6.07) is 11.4. The topological polar surface area (TPSA) is 133 Å². The lowest BCUT2D eigenvalue weighted by molar-refractivity contribution is -0.384. The van der Waals surface area contributed by atoms with Gasteiger partial charge < -0.3 is 10.1 Å². The third kappa shape index (κ3) is 4.38. The summed E-state index contributed by atoms with van der Waals surface area (Å²) in [5.41, 5.74) is -0.354. The quantitative estimate of drug-likeness (QED) is 0.236. The SMILES string of the molecule is CCOC(=O)c1nn(-c2cccc(Cl)c2)c(=O)c2c(NC(=O)c3ccc([N+](=O)[O-])cc3)scc12. The molecule has 34 heavy (non-hydrogen) atoms. The van der Waals surface area contributed by atoms with E-state index in [0.29, 0.717) is 10.7 Å². The number of anilines is 1. The number of thiophene rings is 1. The van der Waals surface area contributed by atoms with Crippen LogP contribution in [0.25, 0.3) is 16.5 Å². The number of nitrogens with one attached hydrogen (secondary N) is 1. The molecule has 4 rings (SSSR count). The normalized spacial score (nSPS) is 10.8. The van der Waals surface area contributed by atoms with E-state index in [9.17, 15) is 24.5 Å². The van der Waals surface area contributed by atoms with Gasteiger partial charge in [0, 0.05) is 33.5 Å². The lowest BCUT2D eigenvalue weighted by atomic mass is 10.2. The van der Waals surface area contributed by atoms with E-state index in [1.54, 1.807) is 25.1 Å². The Balaban J connectivity index is 1.83. The summed E-state index contributed by atoms with van der Waals surface area (Å²) < 4.78 is 6.12. The summed E-state index contributed by atoms with van der Waals surface area (Å²) in [7, 11) is 0. The highest BCUT2D eigenvalue weighted by Gasteiger charge is 2.23. The maximum Gasteiger partial charge on any atom is 0.359 e. The Morgan fingerprint density at radius 3 is 2.62 bits per heavy atom. The van der Waals surface area contributed by atoms with Crippen LogP contribution in [0.3, 0.4) is 0 Å². The first-order chi connectivity index (χ1) is 16.3. The molecule has 1 N–H and O–H groups in total. The summed E-state index contributed by atoms with van der Waals surface area (Å²) in [4.78, 5) is 49.0. The first kappa shape index (κ1) is 23.1. The third-order valence-corrected chi connectivity index (χ3v) is 5.87. The second kappa shape index (κ2) is 9.41. The first-order valence-electron chi connectivity index (χ1n) is 9.83. The predicted molar refractivity (Wildman–Crippen MR) is 127 cm³/mol. The molecule has 0 fully saturated rings. The molecule has 1 amide bonds. The van der Waals surface area contributed by atoms with Gasteiger partial charge in [-0.1, -0.05) is 17.7 Å². The van der Waals surface area contributed by atoms with Crippen LogP contribution in [-0.4, -0.2) is 33.2 Å². The van der Waals surface area contributed by atoms with E-state index < -0.39 is 22.4 Å². The van der Waals surface area contributed by atoms with E-state index in [0.717, 1.165) is 16.0 Å². The highest BCUT2D eigenvalue weighted by molar-refractivity contribution is 7.16. The second-order valence-corrected chi connectivity index (χ2v) is 8.19. The molecule has 10 nitrogen and oxygen atoms in total. The Morgan fingerprint density at radius 2 is 1.97 bits per heavy atom. The summed E-state index contributed by atoms with van der Waals surface area (Å²) in [6.07, 6.45) is 0. The number of carbonyl (C=O) groups excluding carboxylic acids is 2. The van der Waals surface area contributed by atoms with Crippen molar-refractivity contribution in [3.63, 3.8) is 0 Å². The van der Waals surface area contributed by atoms with E-state index in [1.807, 2.05) is 0 Å². The van der Waals surface area contributed by atoms with Crippen LogP contribution in [-0.2, 0) is 4.74 Å². The Morgan fingerprint density at radius 1 is 1.24 bits per heavy atom. The number of halogens is 1. The lowest BCUT2D eigenvalue weighted by Gasteiger charge is -2.10. The number of non-ortho nitro benzene ring substituents is 1. The average Bonchev–Trinajstić information content (AvgIpc) is 3.23. The number of aromatic nitrogens is 2. The standard InChI is InChI=1S/C22H15ClN4O6S/c1-2-33-22(30)18-16-11-34-20(24-19(28)12-6-8-14(9-7-12)27(31)32)17(16)21(29)26(25-18)15-5-3-4-13(23)10-15/h3-11H,2H2,1H3,(H,24,28). The van der Waals surface area contributed by atoms with Gasteiger partial charge in [0.15, 0.2) is 5.69 Å². The Bertz CT molecular complexity index is 1500. The monoisotopic (exact) mass is 498 g/mol. The fourth-order valence-electron chi connectivity index (χ4n) is 3.18. The number of fused-ring (bicyclic) bond motifs is 1. The Hall–Kier alpha value is -4.09. The molecule has 2 heterocycles. The lowest BCUT2D eigenvalue weighted by Crippen LogP contribution is -2.25. The third-order valence-electron chi connectivity index (χ3n) is 4.74. The van der Waals surface area contributed by atoms with Gasteiger partial charge in [0.1, 0.15) is 5.00 Å². The van der Waals surface area contributed by atoms with Crippen molar-refractivity contribution in [2.24, 2.45) is 0 Å². The van der Waals surface area contributed by atoms with E-state index in [2.05, 4.69) is 10.4 Å². The van der Waals surface area contributed by atoms with Gasteiger partial charge in [-0.05, 0) is 37.3 Å². The minimum absolute atomic E-state index is 0.0679. The number of ether oxygens (including phenoxy) is 1. The van der Waals surface area contributed by atoms with Crippen LogP contribution in [0.1, 0.15) is 27.8 Å². The number of nitrogens with zero attached hydrogens (tertiary/aromatic N) is 3. The van der Waals surface area contributed by atoms with E-state index >= 15 is 0 Å². The Labute approximate surface area is 200 Å². The number of nitro benzene ring substituents is 1. The van der Waals surface area contributed by atoms with Crippen LogP contribution in [0.5, 0.6) is 0 Å². The van der Waals surface area contributed by atoms with Gasteiger partial charge in [-0.3, -0.25) is 19.7 Å². The minimum Gasteiger partial charge on any atom is -0.461 e. The molecule has 0 saturated heterocycles. The van der Waals surface area contributed by atoms with Crippen LogP contribution in [0.15, 0.2) is 58.7 Å². The molecule has 0 spiro atoms.